The van der Waals surface area contributed by atoms with E-state index in [1.807, 2.05) is 19.1 Å². The lowest BCUT2D eigenvalue weighted by atomic mass is 10.1. The van der Waals surface area contributed by atoms with E-state index in [9.17, 15) is 4.39 Å². The number of hydrogen-bond donors (Lipinski definition) is 1. The number of ether oxygens (including phenoxy) is 3. The number of imidazole rings is 1. The molecule has 0 unspecified atom stereocenters. The second kappa shape index (κ2) is 9.13. The maximum absolute atomic E-state index is 14.6. The van der Waals surface area contributed by atoms with Gasteiger partial charge in [-0.1, -0.05) is 0 Å². The molecule has 10 heteroatoms. The van der Waals surface area contributed by atoms with E-state index < -0.39 is 5.82 Å². The van der Waals surface area contributed by atoms with Gasteiger partial charge in [-0.25, -0.2) is 9.37 Å². The minimum atomic E-state index is -0.520. The number of nitrogens with two attached hydrogens (primary N) is 1. The lowest BCUT2D eigenvalue weighted by Crippen LogP contribution is -2.09. The predicted octanol–water partition coefficient (Wildman–Crippen LogP) is 3.93. The number of anilines is 1. The smallest absolute Gasteiger partial charge is 0.293 e. The average molecular weight is 442 g/mol. The van der Waals surface area contributed by atoms with Crippen molar-refractivity contribution in [1.82, 2.24) is 14.5 Å². The van der Waals surface area contributed by atoms with Gasteiger partial charge in [-0.2, -0.15) is 4.98 Å². The first-order valence-electron chi connectivity index (χ1n) is 10.2. The Morgan fingerprint density at radius 2 is 2.03 bits per heavy atom. The van der Waals surface area contributed by atoms with Gasteiger partial charge < -0.3 is 28.9 Å². The SMILES string of the molecule is CCOc1cc2c3c(c1)nc(-c1cc(F)c4oc(N)nc4c1)n3CCCCO2.COC=O. The number of rotatable bonds is 4. The second-order valence-electron chi connectivity index (χ2n) is 7.06. The highest BCUT2D eigenvalue weighted by molar-refractivity contribution is 5.89. The molecule has 0 amide bonds. The predicted molar refractivity (Wildman–Crippen MR) is 116 cm³/mol. The number of nitrogen functional groups attached to an aromatic ring is 1. The number of carbonyl (C=O) groups is 1. The summed E-state index contributed by atoms with van der Waals surface area (Å²) < 4.78 is 37.3. The summed E-state index contributed by atoms with van der Waals surface area (Å²) in [7, 11) is 1.31. The van der Waals surface area contributed by atoms with Gasteiger partial charge in [0, 0.05) is 24.2 Å². The third-order valence-corrected chi connectivity index (χ3v) is 4.94. The molecule has 0 spiro atoms. The van der Waals surface area contributed by atoms with E-state index in [1.54, 1.807) is 6.07 Å². The average Bonchev–Trinajstić information content (AvgIpc) is 3.32. The maximum Gasteiger partial charge on any atom is 0.293 e. The molecule has 1 aliphatic heterocycles. The largest absolute Gasteiger partial charge is 0.494 e. The number of methoxy groups -OCH3 is 1. The molecule has 0 aliphatic carbocycles. The molecule has 5 rings (SSSR count). The fourth-order valence-corrected chi connectivity index (χ4v) is 3.70. The molecule has 9 nitrogen and oxygen atoms in total. The van der Waals surface area contributed by atoms with Gasteiger partial charge in [0.25, 0.3) is 12.5 Å². The maximum atomic E-state index is 14.6. The zero-order chi connectivity index (χ0) is 22.7. The molecule has 0 atom stereocenters. The Hall–Kier alpha value is -3.82. The molecule has 32 heavy (non-hydrogen) atoms. The van der Waals surface area contributed by atoms with E-state index in [0.717, 1.165) is 36.2 Å². The molecule has 3 heterocycles. The Morgan fingerprint density at radius 1 is 1.22 bits per heavy atom. The van der Waals surface area contributed by atoms with Gasteiger partial charge in [0.1, 0.15) is 28.4 Å². The number of fused-ring (bicyclic) bond motifs is 1. The molecule has 0 fully saturated rings. The van der Waals surface area contributed by atoms with Crippen LogP contribution in [0, 0.1) is 5.82 Å². The first-order chi connectivity index (χ1) is 15.5. The zero-order valence-corrected chi connectivity index (χ0v) is 17.8. The number of nitrogens with zero attached hydrogens (tertiary/aromatic N) is 3. The zero-order valence-electron chi connectivity index (χ0n) is 17.8. The first-order valence-corrected chi connectivity index (χ1v) is 10.2. The van der Waals surface area contributed by atoms with Crippen molar-refractivity contribution < 1.29 is 27.8 Å². The standard InChI is InChI=1S/C20H19FN4O3.C2H4O2/c1-2-26-12-9-14-17-16(10-12)27-6-4-3-5-25(17)19(23-14)11-7-13(21)18-15(8-11)24-20(22)28-18;1-4-2-3/h7-10H,2-6H2,1H3,(H2,22,24);2H,1H3. The molecule has 0 saturated heterocycles. The number of benzene rings is 2. The summed E-state index contributed by atoms with van der Waals surface area (Å²) in [6, 6.07) is 6.86. The molecule has 2 aromatic heterocycles. The van der Waals surface area contributed by atoms with Gasteiger partial charge in [0.2, 0.25) is 0 Å². The van der Waals surface area contributed by atoms with Crippen LogP contribution in [0.4, 0.5) is 10.4 Å². The molecular weight excluding hydrogens is 419 g/mol. The summed E-state index contributed by atoms with van der Waals surface area (Å²) >= 11 is 0. The van der Waals surface area contributed by atoms with Gasteiger partial charge in [-0.15, -0.1) is 0 Å². The van der Waals surface area contributed by atoms with Crippen molar-refractivity contribution in [2.75, 3.05) is 26.1 Å². The van der Waals surface area contributed by atoms with Crippen molar-refractivity contribution in [3.63, 3.8) is 0 Å². The Kier molecular flexibility index (Phi) is 6.11. The van der Waals surface area contributed by atoms with Crippen LogP contribution < -0.4 is 15.2 Å². The number of oxazole rings is 1. The van der Waals surface area contributed by atoms with Gasteiger partial charge in [-0.3, -0.25) is 4.79 Å². The Bertz CT molecular complexity index is 1270. The van der Waals surface area contributed by atoms with Crippen LogP contribution in [0.2, 0.25) is 0 Å². The molecule has 0 saturated carbocycles. The molecule has 0 radical (unpaired) electrons. The highest BCUT2D eigenvalue weighted by Gasteiger charge is 2.21. The van der Waals surface area contributed by atoms with Crippen LogP contribution in [-0.4, -0.2) is 41.3 Å². The number of carbonyl (C=O) groups excluding carboxylic acids is 1. The number of aryl methyl sites for hydroxylation is 1. The highest BCUT2D eigenvalue weighted by atomic mass is 19.1. The Morgan fingerprint density at radius 3 is 2.78 bits per heavy atom. The van der Waals surface area contributed by atoms with Crippen molar-refractivity contribution in [3.8, 4) is 22.9 Å². The summed E-state index contributed by atoms with van der Waals surface area (Å²) in [5.74, 6) is 1.56. The fourth-order valence-electron chi connectivity index (χ4n) is 3.70. The molecule has 168 valence electrons. The molecule has 0 bridgehead atoms. The van der Waals surface area contributed by atoms with E-state index in [0.29, 0.717) is 42.3 Å². The van der Waals surface area contributed by atoms with Crippen molar-refractivity contribution in [2.24, 2.45) is 0 Å². The summed E-state index contributed by atoms with van der Waals surface area (Å²) in [4.78, 5) is 17.8. The number of aromatic nitrogens is 3. The quantitative estimate of drug-likeness (QED) is 0.473. The lowest BCUT2D eigenvalue weighted by Gasteiger charge is -2.17. The van der Waals surface area contributed by atoms with Crippen LogP contribution in [-0.2, 0) is 16.1 Å². The molecule has 1 aliphatic rings. The fraction of sp³-hybridized carbons (Fsp3) is 0.318. The van der Waals surface area contributed by atoms with Crippen molar-refractivity contribution in [1.29, 1.82) is 0 Å². The first kappa shape index (κ1) is 21.4. The highest BCUT2D eigenvalue weighted by Crippen LogP contribution is 2.37. The molecule has 2 N–H and O–H groups in total. The van der Waals surface area contributed by atoms with Crippen molar-refractivity contribution in [2.45, 2.75) is 26.3 Å². The molecule has 4 aromatic rings. The van der Waals surface area contributed by atoms with Crippen LogP contribution in [0.1, 0.15) is 19.8 Å². The van der Waals surface area contributed by atoms with Crippen LogP contribution >= 0.6 is 0 Å². The van der Waals surface area contributed by atoms with Crippen LogP contribution in [0.15, 0.2) is 28.7 Å². The summed E-state index contributed by atoms with van der Waals surface area (Å²) in [5, 5.41) is 0. The van der Waals surface area contributed by atoms with Gasteiger partial charge >= 0.3 is 0 Å². The number of hydrogen-bond acceptors (Lipinski definition) is 8. The van der Waals surface area contributed by atoms with Crippen molar-refractivity contribution in [3.05, 3.63) is 30.1 Å². The van der Waals surface area contributed by atoms with Gasteiger partial charge in [0.15, 0.2) is 11.4 Å². The minimum absolute atomic E-state index is 0.0488. The van der Waals surface area contributed by atoms with Crippen LogP contribution in [0.25, 0.3) is 33.5 Å². The number of halogens is 1. The lowest BCUT2D eigenvalue weighted by molar-refractivity contribution is -0.126. The van der Waals surface area contributed by atoms with E-state index in [-0.39, 0.29) is 11.6 Å². The Balaban J connectivity index is 0.000000567. The van der Waals surface area contributed by atoms with E-state index >= 15 is 0 Å². The summed E-state index contributed by atoms with van der Waals surface area (Å²) in [6.07, 6.45) is 1.86. The third-order valence-electron chi connectivity index (χ3n) is 4.94. The Labute approximate surface area is 182 Å². The van der Waals surface area contributed by atoms with E-state index in [4.69, 9.17) is 29.4 Å². The minimum Gasteiger partial charge on any atom is -0.494 e. The van der Waals surface area contributed by atoms with E-state index in [2.05, 4.69) is 14.3 Å². The van der Waals surface area contributed by atoms with E-state index in [1.165, 1.54) is 13.2 Å². The monoisotopic (exact) mass is 442 g/mol. The topological polar surface area (TPSA) is 115 Å². The summed E-state index contributed by atoms with van der Waals surface area (Å²) in [5.41, 5.74) is 8.24. The van der Waals surface area contributed by atoms with Crippen LogP contribution in [0.3, 0.4) is 0 Å². The van der Waals surface area contributed by atoms with Gasteiger partial charge in [0.05, 0.1) is 25.8 Å². The summed E-state index contributed by atoms with van der Waals surface area (Å²) in [6.45, 7) is 4.26. The molecular formula is C22H23FN4O5. The van der Waals surface area contributed by atoms with Gasteiger partial charge in [-0.05, 0) is 31.9 Å². The normalized spacial score (nSPS) is 13.0. The van der Waals surface area contributed by atoms with Crippen LogP contribution in [0.5, 0.6) is 11.5 Å². The third kappa shape index (κ3) is 4.03. The molecule has 2 aromatic carbocycles. The van der Waals surface area contributed by atoms with Crippen molar-refractivity contribution >= 4 is 34.6 Å². The second-order valence-corrected chi connectivity index (χ2v) is 7.06.